The standard InChI is InChI=1S/C23H29N5O2/c1-27(2)23-25-14-18(15-9-11-16(12-10-15)21(24)29)20(26-23)19-8-5-13-28(19)22(30)17-6-3-4-7-17/h9-12,14,17,19H,3-8,13H2,1-2H3,(H2,24,29). The Kier molecular flexibility index (Phi) is 5.70. The van der Waals surface area contributed by atoms with Crippen LogP contribution < -0.4 is 10.6 Å². The molecule has 1 aromatic heterocycles. The second-order valence-electron chi connectivity index (χ2n) is 8.48. The molecule has 2 N–H and O–H groups in total. The van der Waals surface area contributed by atoms with Gasteiger partial charge in [-0.2, -0.15) is 0 Å². The van der Waals surface area contributed by atoms with Gasteiger partial charge < -0.3 is 15.5 Å². The van der Waals surface area contributed by atoms with Crippen LogP contribution >= 0.6 is 0 Å². The molecule has 2 aliphatic rings. The summed E-state index contributed by atoms with van der Waals surface area (Å²) in [4.78, 5) is 38.0. The van der Waals surface area contributed by atoms with Gasteiger partial charge >= 0.3 is 0 Å². The lowest BCUT2D eigenvalue weighted by Gasteiger charge is -2.29. The number of hydrogen-bond acceptors (Lipinski definition) is 5. The largest absolute Gasteiger partial charge is 0.366 e. The molecule has 2 amide bonds. The molecule has 2 fully saturated rings. The van der Waals surface area contributed by atoms with Crippen molar-refractivity contribution < 1.29 is 9.59 Å². The minimum Gasteiger partial charge on any atom is -0.366 e. The zero-order chi connectivity index (χ0) is 21.3. The van der Waals surface area contributed by atoms with Crippen molar-refractivity contribution in [3.05, 3.63) is 41.7 Å². The lowest BCUT2D eigenvalue weighted by Crippen LogP contribution is -2.35. The fourth-order valence-electron chi connectivity index (χ4n) is 4.61. The summed E-state index contributed by atoms with van der Waals surface area (Å²) in [7, 11) is 3.83. The maximum Gasteiger partial charge on any atom is 0.248 e. The highest BCUT2D eigenvalue weighted by Crippen LogP contribution is 2.39. The van der Waals surface area contributed by atoms with E-state index in [1.807, 2.05) is 42.2 Å². The number of likely N-dealkylation sites (tertiary alicyclic amines) is 1. The van der Waals surface area contributed by atoms with Crippen LogP contribution in [-0.2, 0) is 4.79 Å². The fourth-order valence-corrected chi connectivity index (χ4v) is 4.61. The minimum absolute atomic E-state index is 0.0504. The Hall–Kier alpha value is -2.96. The molecule has 7 nitrogen and oxygen atoms in total. The van der Waals surface area contributed by atoms with Gasteiger partial charge in [-0.1, -0.05) is 25.0 Å². The Morgan fingerprint density at radius 1 is 1.07 bits per heavy atom. The average Bonchev–Trinajstić information content (AvgIpc) is 3.45. The number of benzene rings is 1. The quantitative estimate of drug-likeness (QED) is 0.822. The molecule has 7 heteroatoms. The molecule has 4 rings (SSSR count). The number of carbonyl (C=O) groups excluding carboxylic acids is 2. The zero-order valence-corrected chi connectivity index (χ0v) is 17.7. The normalized spacial score (nSPS) is 19.3. The van der Waals surface area contributed by atoms with Gasteiger partial charge in [0.15, 0.2) is 0 Å². The molecule has 1 atom stereocenters. The van der Waals surface area contributed by atoms with E-state index in [4.69, 9.17) is 10.7 Å². The maximum absolute atomic E-state index is 13.2. The first kappa shape index (κ1) is 20.3. The predicted molar refractivity (Wildman–Crippen MR) is 116 cm³/mol. The highest BCUT2D eigenvalue weighted by Gasteiger charge is 2.37. The summed E-state index contributed by atoms with van der Waals surface area (Å²) in [6.07, 6.45) is 7.98. The smallest absolute Gasteiger partial charge is 0.248 e. The first-order valence-electron chi connectivity index (χ1n) is 10.7. The molecular weight excluding hydrogens is 378 g/mol. The Labute approximate surface area is 177 Å². The van der Waals surface area contributed by atoms with Crippen LogP contribution in [0.25, 0.3) is 11.1 Å². The lowest BCUT2D eigenvalue weighted by atomic mass is 9.98. The van der Waals surface area contributed by atoms with E-state index in [9.17, 15) is 9.59 Å². The predicted octanol–water partition coefficient (Wildman–Crippen LogP) is 3.16. The SMILES string of the molecule is CN(C)c1ncc(-c2ccc(C(N)=O)cc2)c(C2CCCN2C(=O)C2CCCC2)n1. The summed E-state index contributed by atoms with van der Waals surface area (Å²) in [5.74, 6) is 0.599. The number of anilines is 1. The van der Waals surface area contributed by atoms with Crippen molar-refractivity contribution >= 4 is 17.8 Å². The molecule has 0 spiro atoms. The number of hydrogen-bond donors (Lipinski definition) is 1. The van der Waals surface area contributed by atoms with E-state index >= 15 is 0 Å². The number of carbonyl (C=O) groups is 2. The van der Waals surface area contributed by atoms with Crippen molar-refractivity contribution in [3.8, 4) is 11.1 Å². The summed E-state index contributed by atoms with van der Waals surface area (Å²) in [6.45, 7) is 0.779. The number of rotatable bonds is 5. The molecule has 2 aromatic rings. The summed E-state index contributed by atoms with van der Waals surface area (Å²) in [5, 5.41) is 0. The van der Waals surface area contributed by atoms with Crippen molar-refractivity contribution in [1.29, 1.82) is 0 Å². The molecule has 1 unspecified atom stereocenters. The highest BCUT2D eigenvalue weighted by atomic mass is 16.2. The van der Waals surface area contributed by atoms with Crippen molar-refractivity contribution in [1.82, 2.24) is 14.9 Å². The monoisotopic (exact) mass is 407 g/mol. The second kappa shape index (κ2) is 8.42. The van der Waals surface area contributed by atoms with Gasteiger partial charge in [-0.05, 0) is 43.4 Å². The van der Waals surface area contributed by atoms with Gasteiger partial charge in [-0.25, -0.2) is 9.97 Å². The Bertz CT molecular complexity index is 935. The third-order valence-electron chi connectivity index (χ3n) is 6.24. The molecule has 158 valence electrons. The van der Waals surface area contributed by atoms with Crippen LogP contribution in [0.3, 0.4) is 0 Å². The van der Waals surface area contributed by atoms with Crippen LogP contribution in [0.1, 0.15) is 60.6 Å². The Balaban J connectivity index is 1.73. The van der Waals surface area contributed by atoms with Gasteiger partial charge in [-0.15, -0.1) is 0 Å². The lowest BCUT2D eigenvalue weighted by molar-refractivity contribution is -0.136. The van der Waals surface area contributed by atoms with E-state index in [0.29, 0.717) is 11.5 Å². The third kappa shape index (κ3) is 3.88. The van der Waals surface area contributed by atoms with Crippen LogP contribution in [0.4, 0.5) is 5.95 Å². The van der Waals surface area contributed by atoms with Crippen LogP contribution in [0.15, 0.2) is 30.5 Å². The van der Waals surface area contributed by atoms with Crippen molar-refractivity contribution in [2.75, 3.05) is 25.5 Å². The molecule has 2 heterocycles. The minimum atomic E-state index is -0.454. The number of primary amides is 1. The summed E-state index contributed by atoms with van der Waals surface area (Å²) in [5.41, 5.74) is 8.54. The molecule has 0 radical (unpaired) electrons. The first-order valence-corrected chi connectivity index (χ1v) is 10.7. The summed E-state index contributed by atoms with van der Waals surface area (Å²) >= 11 is 0. The van der Waals surface area contributed by atoms with E-state index in [1.165, 1.54) is 0 Å². The van der Waals surface area contributed by atoms with Gasteiger partial charge in [0.05, 0.1) is 11.7 Å². The average molecular weight is 408 g/mol. The summed E-state index contributed by atoms with van der Waals surface area (Å²) < 4.78 is 0. The van der Waals surface area contributed by atoms with Gasteiger partial charge in [-0.3, -0.25) is 9.59 Å². The Morgan fingerprint density at radius 3 is 2.40 bits per heavy atom. The molecule has 1 saturated carbocycles. The van der Waals surface area contributed by atoms with Gasteiger partial charge in [0.2, 0.25) is 17.8 Å². The van der Waals surface area contributed by atoms with Crippen LogP contribution in [0.5, 0.6) is 0 Å². The van der Waals surface area contributed by atoms with E-state index in [0.717, 1.165) is 61.9 Å². The molecular formula is C23H29N5O2. The van der Waals surface area contributed by atoms with Crippen molar-refractivity contribution in [2.24, 2.45) is 11.7 Å². The highest BCUT2D eigenvalue weighted by molar-refractivity contribution is 5.93. The topological polar surface area (TPSA) is 92.4 Å². The van der Waals surface area contributed by atoms with Crippen LogP contribution in [-0.4, -0.2) is 47.3 Å². The van der Waals surface area contributed by atoms with Crippen molar-refractivity contribution in [3.63, 3.8) is 0 Å². The number of nitrogens with zero attached hydrogens (tertiary/aromatic N) is 4. The summed E-state index contributed by atoms with van der Waals surface area (Å²) in [6, 6.07) is 7.13. The molecule has 1 aliphatic carbocycles. The van der Waals surface area contributed by atoms with E-state index in [2.05, 4.69) is 4.98 Å². The van der Waals surface area contributed by atoms with Crippen LogP contribution in [0, 0.1) is 5.92 Å². The van der Waals surface area contributed by atoms with Crippen molar-refractivity contribution in [2.45, 2.75) is 44.6 Å². The van der Waals surface area contributed by atoms with Gasteiger partial charge in [0.25, 0.3) is 0 Å². The fraction of sp³-hybridized carbons (Fsp3) is 0.478. The van der Waals surface area contributed by atoms with E-state index in [-0.39, 0.29) is 17.9 Å². The number of nitrogens with two attached hydrogens (primary N) is 1. The molecule has 1 aromatic carbocycles. The van der Waals surface area contributed by atoms with Gasteiger partial charge in [0.1, 0.15) is 0 Å². The zero-order valence-electron chi connectivity index (χ0n) is 17.7. The van der Waals surface area contributed by atoms with Crippen LogP contribution in [0.2, 0.25) is 0 Å². The number of amides is 2. The second-order valence-corrected chi connectivity index (χ2v) is 8.48. The van der Waals surface area contributed by atoms with E-state index in [1.54, 1.807) is 12.1 Å². The Morgan fingerprint density at radius 2 is 1.77 bits per heavy atom. The number of aromatic nitrogens is 2. The third-order valence-corrected chi connectivity index (χ3v) is 6.24. The molecule has 1 aliphatic heterocycles. The molecule has 0 bridgehead atoms. The first-order chi connectivity index (χ1) is 14.5. The molecule has 1 saturated heterocycles. The molecule has 30 heavy (non-hydrogen) atoms. The maximum atomic E-state index is 13.2. The van der Waals surface area contributed by atoms with Gasteiger partial charge in [0, 0.05) is 43.9 Å². The van der Waals surface area contributed by atoms with E-state index < -0.39 is 5.91 Å².